The molecule has 0 bridgehead atoms. The summed E-state index contributed by atoms with van der Waals surface area (Å²) < 4.78 is 11.5. The summed E-state index contributed by atoms with van der Waals surface area (Å²) >= 11 is 0. The molecule has 25 heavy (non-hydrogen) atoms. The minimum absolute atomic E-state index is 0. The molecule has 0 radical (unpaired) electrons. The van der Waals surface area contributed by atoms with Crippen LogP contribution >= 0.6 is 12.4 Å². The third kappa shape index (κ3) is 6.08. The predicted octanol–water partition coefficient (Wildman–Crippen LogP) is 3.51. The van der Waals surface area contributed by atoms with Gasteiger partial charge in [0, 0.05) is 24.7 Å². The quantitative estimate of drug-likeness (QED) is 0.711. The predicted molar refractivity (Wildman–Crippen MR) is 103 cm³/mol. The highest BCUT2D eigenvalue weighted by molar-refractivity contribution is 5.95. The number of nitrogens with one attached hydrogen (secondary N) is 1. The molecule has 1 fully saturated rings. The number of halogens is 1. The monoisotopic (exact) mass is 370 g/mol. The average molecular weight is 371 g/mol. The highest BCUT2D eigenvalue weighted by Gasteiger charge is 2.23. The molecule has 1 aliphatic rings. The molecule has 1 N–H and O–H groups in total. The zero-order valence-corrected chi connectivity index (χ0v) is 16.4. The zero-order valence-electron chi connectivity index (χ0n) is 15.5. The molecule has 1 saturated heterocycles. The van der Waals surface area contributed by atoms with Gasteiger partial charge in [0.1, 0.15) is 0 Å². The Hall–Kier alpha value is -1.46. The first-order valence-corrected chi connectivity index (χ1v) is 9.05. The Balaban J connectivity index is 0.00000312. The maximum atomic E-state index is 12.7. The van der Waals surface area contributed by atoms with E-state index < -0.39 is 0 Å². The minimum atomic E-state index is 0. The number of carbonyl (C=O) groups excluding carboxylic acids is 1. The fourth-order valence-corrected chi connectivity index (χ4v) is 2.91. The minimum Gasteiger partial charge on any atom is -0.490 e. The third-order valence-electron chi connectivity index (χ3n) is 4.44. The Kier molecular flexibility index (Phi) is 9.68. The molecule has 1 aromatic rings. The van der Waals surface area contributed by atoms with E-state index >= 15 is 0 Å². The second-order valence-corrected chi connectivity index (χ2v) is 6.15. The number of carbonyl (C=O) groups is 1. The molecule has 5 nitrogen and oxygen atoms in total. The number of unbranched alkanes of at least 4 members (excludes halogenated alkanes) is 1. The van der Waals surface area contributed by atoms with E-state index in [0.29, 0.717) is 30.6 Å². The number of amides is 1. The Morgan fingerprint density at radius 2 is 1.92 bits per heavy atom. The van der Waals surface area contributed by atoms with Crippen LogP contribution in [0.2, 0.25) is 0 Å². The molecule has 0 atom stereocenters. The number of hydrogen-bond donors (Lipinski definition) is 1. The molecule has 142 valence electrons. The maximum Gasteiger partial charge on any atom is 0.253 e. The molecule has 1 heterocycles. The molecular formula is C19H31ClN2O3. The van der Waals surface area contributed by atoms with E-state index in [1.54, 1.807) is 0 Å². The van der Waals surface area contributed by atoms with Crippen molar-refractivity contribution in [3.05, 3.63) is 23.8 Å². The molecule has 0 saturated carbocycles. The van der Waals surface area contributed by atoms with Gasteiger partial charge in [-0.2, -0.15) is 0 Å². The first-order valence-electron chi connectivity index (χ1n) is 9.05. The van der Waals surface area contributed by atoms with Crippen molar-refractivity contribution in [1.82, 2.24) is 10.2 Å². The topological polar surface area (TPSA) is 50.8 Å². The summed E-state index contributed by atoms with van der Waals surface area (Å²) in [5.74, 6) is 1.45. The highest BCUT2D eigenvalue weighted by Crippen LogP contribution is 2.29. The van der Waals surface area contributed by atoms with Crippen LogP contribution in [0.15, 0.2) is 18.2 Å². The summed E-state index contributed by atoms with van der Waals surface area (Å²) in [6, 6.07) is 6.03. The smallest absolute Gasteiger partial charge is 0.253 e. The first kappa shape index (κ1) is 21.6. The van der Waals surface area contributed by atoms with Gasteiger partial charge in [-0.15, -0.1) is 12.4 Å². The molecule has 0 unspecified atom stereocenters. The normalized spacial score (nSPS) is 14.8. The second kappa shape index (κ2) is 11.2. The van der Waals surface area contributed by atoms with Gasteiger partial charge in [0.05, 0.1) is 13.2 Å². The van der Waals surface area contributed by atoms with Gasteiger partial charge >= 0.3 is 0 Å². The van der Waals surface area contributed by atoms with E-state index in [4.69, 9.17) is 9.47 Å². The SMILES string of the molecule is CCCCOc1ccc(C(=O)N2CCC(NC)CC2)cc1OCC.Cl. The fourth-order valence-electron chi connectivity index (χ4n) is 2.91. The van der Waals surface area contributed by atoms with Crippen molar-refractivity contribution in [2.45, 2.75) is 45.6 Å². The summed E-state index contributed by atoms with van der Waals surface area (Å²) in [5.41, 5.74) is 0.671. The number of nitrogens with zero attached hydrogens (tertiary/aromatic N) is 1. The molecule has 6 heteroatoms. The summed E-state index contributed by atoms with van der Waals surface area (Å²) in [4.78, 5) is 14.7. The largest absolute Gasteiger partial charge is 0.490 e. The fraction of sp³-hybridized carbons (Fsp3) is 0.632. The van der Waals surface area contributed by atoms with E-state index in [1.165, 1.54) is 0 Å². The van der Waals surface area contributed by atoms with Crippen LogP contribution in [0.3, 0.4) is 0 Å². The van der Waals surface area contributed by atoms with Crippen molar-refractivity contribution in [2.75, 3.05) is 33.4 Å². The first-order chi connectivity index (χ1) is 11.7. The van der Waals surface area contributed by atoms with Gasteiger partial charge in [0.2, 0.25) is 0 Å². The lowest BCUT2D eigenvalue weighted by Crippen LogP contribution is -2.43. The molecule has 1 aromatic carbocycles. The molecule has 0 spiro atoms. The van der Waals surface area contributed by atoms with Crippen LogP contribution in [-0.2, 0) is 0 Å². The third-order valence-corrected chi connectivity index (χ3v) is 4.44. The molecular weight excluding hydrogens is 340 g/mol. The van der Waals surface area contributed by atoms with Gasteiger partial charge < -0.3 is 19.7 Å². The van der Waals surface area contributed by atoms with E-state index in [2.05, 4.69) is 12.2 Å². The van der Waals surface area contributed by atoms with Crippen LogP contribution in [0, 0.1) is 0 Å². The lowest BCUT2D eigenvalue weighted by molar-refractivity contribution is 0.0707. The van der Waals surface area contributed by atoms with Gasteiger partial charge in [-0.1, -0.05) is 13.3 Å². The molecule has 1 aliphatic heterocycles. The lowest BCUT2D eigenvalue weighted by atomic mass is 10.0. The van der Waals surface area contributed by atoms with Crippen LogP contribution in [0.25, 0.3) is 0 Å². The van der Waals surface area contributed by atoms with Crippen LogP contribution in [0.1, 0.15) is 49.9 Å². The molecule has 1 amide bonds. The summed E-state index contributed by atoms with van der Waals surface area (Å²) in [6.45, 7) is 6.88. The highest BCUT2D eigenvalue weighted by atomic mass is 35.5. The summed E-state index contributed by atoms with van der Waals surface area (Å²) in [7, 11) is 1.98. The van der Waals surface area contributed by atoms with Crippen LogP contribution < -0.4 is 14.8 Å². The van der Waals surface area contributed by atoms with Gasteiger partial charge in [-0.25, -0.2) is 0 Å². The maximum absolute atomic E-state index is 12.7. The Morgan fingerprint density at radius 3 is 2.52 bits per heavy atom. The van der Waals surface area contributed by atoms with Gasteiger partial charge in [-0.3, -0.25) is 4.79 Å². The van der Waals surface area contributed by atoms with Gasteiger partial charge in [-0.05, 0) is 51.4 Å². The van der Waals surface area contributed by atoms with Crippen molar-refractivity contribution in [1.29, 1.82) is 0 Å². The number of rotatable bonds is 8. The number of ether oxygens (including phenoxy) is 2. The Morgan fingerprint density at radius 1 is 1.20 bits per heavy atom. The van der Waals surface area contributed by atoms with E-state index in [9.17, 15) is 4.79 Å². The Labute approximate surface area is 157 Å². The van der Waals surface area contributed by atoms with Gasteiger partial charge in [0.15, 0.2) is 11.5 Å². The summed E-state index contributed by atoms with van der Waals surface area (Å²) in [5, 5.41) is 3.29. The van der Waals surface area contributed by atoms with Crippen molar-refractivity contribution in [3.63, 3.8) is 0 Å². The number of benzene rings is 1. The van der Waals surface area contributed by atoms with Crippen molar-refractivity contribution < 1.29 is 14.3 Å². The van der Waals surface area contributed by atoms with Crippen molar-refractivity contribution >= 4 is 18.3 Å². The lowest BCUT2D eigenvalue weighted by Gasteiger charge is -2.32. The number of hydrogen-bond acceptors (Lipinski definition) is 4. The molecule has 0 aliphatic carbocycles. The zero-order chi connectivity index (χ0) is 17.4. The number of piperidine rings is 1. The average Bonchev–Trinajstić information content (AvgIpc) is 2.63. The van der Waals surface area contributed by atoms with Crippen LogP contribution in [-0.4, -0.2) is 50.2 Å². The second-order valence-electron chi connectivity index (χ2n) is 6.15. The molecule has 2 rings (SSSR count). The van der Waals surface area contributed by atoms with E-state index in [1.807, 2.05) is 37.1 Å². The van der Waals surface area contributed by atoms with Crippen molar-refractivity contribution in [2.24, 2.45) is 0 Å². The summed E-state index contributed by atoms with van der Waals surface area (Å²) in [6.07, 6.45) is 4.09. The molecule has 0 aromatic heterocycles. The van der Waals surface area contributed by atoms with Crippen molar-refractivity contribution in [3.8, 4) is 11.5 Å². The van der Waals surface area contributed by atoms with Gasteiger partial charge in [0.25, 0.3) is 5.91 Å². The van der Waals surface area contributed by atoms with Crippen LogP contribution in [0.5, 0.6) is 11.5 Å². The van der Waals surface area contributed by atoms with E-state index in [0.717, 1.165) is 44.5 Å². The van der Waals surface area contributed by atoms with E-state index in [-0.39, 0.29) is 18.3 Å². The Bertz CT molecular complexity index is 531. The van der Waals surface area contributed by atoms with Crippen LogP contribution in [0.4, 0.5) is 0 Å². The standard InChI is InChI=1S/C19H30N2O3.ClH/c1-4-6-13-24-17-8-7-15(14-18(17)23-5-2)19(22)21-11-9-16(20-3)10-12-21;/h7-8,14,16,20H,4-6,9-13H2,1-3H3;1H. The number of likely N-dealkylation sites (tertiary alicyclic amines) is 1.